The monoisotopic (exact) mass is 289 g/mol. The summed E-state index contributed by atoms with van der Waals surface area (Å²) < 4.78 is 0. The van der Waals surface area contributed by atoms with Gasteiger partial charge in [-0.3, -0.25) is 4.79 Å². The number of hydrogen-bond acceptors (Lipinski definition) is 2. The summed E-state index contributed by atoms with van der Waals surface area (Å²) in [6.07, 6.45) is 0. The van der Waals surface area contributed by atoms with Crippen LogP contribution >= 0.6 is 11.6 Å². The highest BCUT2D eigenvalue weighted by Gasteiger charge is 2.08. The molecule has 0 aliphatic rings. The molecule has 0 radical (unpaired) electrons. The Morgan fingerprint density at radius 3 is 2.20 bits per heavy atom. The molecule has 20 heavy (non-hydrogen) atoms. The van der Waals surface area contributed by atoms with E-state index in [1.54, 1.807) is 12.1 Å². The second-order valence-electron chi connectivity index (χ2n) is 4.30. The van der Waals surface area contributed by atoms with E-state index in [4.69, 9.17) is 16.7 Å². The van der Waals surface area contributed by atoms with Crippen LogP contribution in [-0.2, 0) is 0 Å². The van der Waals surface area contributed by atoms with E-state index in [0.29, 0.717) is 16.3 Å². The van der Waals surface area contributed by atoms with Gasteiger partial charge in [0.05, 0.1) is 5.56 Å². The van der Waals surface area contributed by atoms with Crippen LogP contribution in [-0.4, -0.2) is 17.0 Å². The van der Waals surface area contributed by atoms with Crippen molar-refractivity contribution in [3.05, 3.63) is 64.2 Å². The summed E-state index contributed by atoms with van der Waals surface area (Å²) in [5, 5.41) is 12.1. The zero-order valence-electron chi connectivity index (χ0n) is 10.7. The molecule has 0 fully saturated rings. The number of anilines is 1. The molecule has 0 bridgehead atoms. The molecule has 2 aromatic carbocycles. The standard InChI is InChI=1S/C15H12ClNO3/c1-9-2-7-12(8-13(9)16)17-14(18)10-3-5-11(6-4-10)15(19)20/h2-8H,1H3,(H,17,18)(H,19,20). The maximum Gasteiger partial charge on any atom is 0.335 e. The highest BCUT2D eigenvalue weighted by Crippen LogP contribution is 2.20. The van der Waals surface area contributed by atoms with Gasteiger partial charge < -0.3 is 10.4 Å². The molecule has 102 valence electrons. The molecule has 0 saturated carbocycles. The molecule has 2 rings (SSSR count). The van der Waals surface area contributed by atoms with Crippen molar-refractivity contribution in [1.29, 1.82) is 0 Å². The Balaban J connectivity index is 2.15. The molecule has 4 nitrogen and oxygen atoms in total. The van der Waals surface area contributed by atoms with E-state index in [1.807, 2.05) is 13.0 Å². The Labute approximate surface area is 121 Å². The molecule has 1 amide bonds. The van der Waals surface area contributed by atoms with Gasteiger partial charge in [-0.25, -0.2) is 4.79 Å². The van der Waals surface area contributed by atoms with Gasteiger partial charge in [0.15, 0.2) is 0 Å². The average molecular weight is 290 g/mol. The number of benzene rings is 2. The van der Waals surface area contributed by atoms with E-state index in [2.05, 4.69) is 5.32 Å². The number of carbonyl (C=O) groups is 2. The zero-order chi connectivity index (χ0) is 14.7. The lowest BCUT2D eigenvalue weighted by molar-refractivity contribution is 0.0696. The quantitative estimate of drug-likeness (QED) is 0.907. The van der Waals surface area contributed by atoms with E-state index < -0.39 is 5.97 Å². The van der Waals surface area contributed by atoms with Gasteiger partial charge in [0.1, 0.15) is 0 Å². The third kappa shape index (κ3) is 3.16. The fourth-order valence-electron chi connectivity index (χ4n) is 1.64. The van der Waals surface area contributed by atoms with Gasteiger partial charge in [0, 0.05) is 16.3 Å². The van der Waals surface area contributed by atoms with Crippen molar-refractivity contribution in [3.8, 4) is 0 Å². The predicted molar refractivity (Wildman–Crippen MR) is 77.5 cm³/mol. The number of hydrogen-bond donors (Lipinski definition) is 2. The van der Waals surface area contributed by atoms with E-state index in [1.165, 1.54) is 24.3 Å². The molecule has 5 heteroatoms. The maximum absolute atomic E-state index is 12.0. The van der Waals surface area contributed by atoms with Gasteiger partial charge in [-0.05, 0) is 48.9 Å². The summed E-state index contributed by atoms with van der Waals surface area (Å²) in [5.74, 6) is -1.34. The number of halogens is 1. The van der Waals surface area contributed by atoms with Crippen LogP contribution < -0.4 is 5.32 Å². The lowest BCUT2D eigenvalue weighted by Crippen LogP contribution is -2.12. The molecule has 0 aliphatic carbocycles. The van der Waals surface area contributed by atoms with Crippen molar-refractivity contribution in [2.24, 2.45) is 0 Å². The fraction of sp³-hybridized carbons (Fsp3) is 0.0667. The molecule has 0 unspecified atom stereocenters. The van der Waals surface area contributed by atoms with Gasteiger partial charge in [0.25, 0.3) is 5.91 Å². The summed E-state index contributed by atoms with van der Waals surface area (Å²) in [6, 6.07) is 10.9. The van der Waals surface area contributed by atoms with Gasteiger partial charge in [0.2, 0.25) is 0 Å². The predicted octanol–water partition coefficient (Wildman–Crippen LogP) is 3.60. The molecular formula is C15H12ClNO3. The Hall–Kier alpha value is -2.33. The largest absolute Gasteiger partial charge is 0.478 e. The first kappa shape index (κ1) is 14.1. The fourth-order valence-corrected chi connectivity index (χ4v) is 1.82. The molecule has 2 N–H and O–H groups in total. The number of carboxylic acid groups (broad SMARTS) is 1. The van der Waals surface area contributed by atoms with Gasteiger partial charge in [-0.15, -0.1) is 0 Å². The van der Waals surface area contributed by atoms with Gasteiger partial charge in [-0.1, -0.05) is 17.7 Å². The van der Waals surface area contributed by atoms with Crippen molar-refractivity contribution < 1.29 is 14.7 Å². The van der Waals surface area contributed by atoms with E-state index in [0.717, 1.165) is 5.56 Å². The third-order valence-corrected chi connectivity index (χ3v) is 3.23. The summed E-state index contributed by atoms with van der Waals surface area (Å²) >= 11 is 5.98. The highest BCUT2D eigenvalue weighted by molar-refractivity contribution is 6.31. The molecule has 0 saturated heterocycles. The molecule has 0 atom stereocenters. The first-order valence-electron chi connectivity index (χ1n) is 5.88. The molecule has 0 spiro atoms. The Kier molecular flexibility index (Phi) is 4.05. The van der Waals surface area contributed by atoms with Crippen molar-refractivity contribution in [3.63, 3.8) is 0 Å². The van der Waals surface area contributed by atoms with Crippen LogP contribution in [0.15, 0.2) is 42.5 Å². The first-order chi connectivity index (χ1) is 9.47. The second-order valence-corrected chi connectivity index (χ2v) is 4.71. The summed E-state index contributed by atoms with van der Waals surface area (Å²) in [5.41, 5.74) is 2.04. The molecular weight excluding hydrogens is 278 g/mol. The number of aryl methyl sites for hydroxylation is 1. The topological polar surface area (TPSA) is 66.4 Å². The lowest BCUT2D eigenvalue weighted by Gasteiger charge is -2.07. The molecule has 0 aliphatic heterocycles. The smallest absolute Gasteiger partial charge is 0.335 e. The minimum Gasteiger partial charge on any atom is -0.478 e. The number of carbonyl (C=O) groups excluding carboxylic acids is 1. The van der Waals surface area contributed by atoms with Crippen molar-refractivity contribution in [2.45, 2.75) is 6.92 Å². The van der Waals surface area contributed by atoms with Gasteiger partial charge >= 0.3 is 5.97 Å². The average Bonchev–Trinajstić information content (AvgIpc) is 2.43. The van der Waals surface area contributed by atoms with Crippen molar-refractivity contribution >= 4 is 29.2 Å². The Bertz CT molecular complexity index is 665. The SMILES string of the molecule is Cc1ccc(NC(=O)c2ccc(C(=O)O)cc2)cc1Cl. The van der Waals surface area contributed by atoms with Crippen LogP contribution in [0.2, 0.25) is 5.02 Å². The lowest BCUT2D eigenvalue weighted by atomic mass is 10.1. The minimum atomic E-state index is -1.03. The Morgan fingerprint density at radius 2 is 1.65 bits per heavy atom. The molecule has 0 heterocycles. The van der Waals surface area contributed by atoms with E-state index in [9.17, 15) is 9.59 Å². The normalized spacial score (nSPS) is 10.1. The summed E-state index contributed by atoms with van der Waals surface area (Å²) in [4.78, 5) is 22.7. The van der Waals surface area contributed by atoms with Crippen LogP contribution in [0.3, 0.4) is 0 Å². The van der Waals surface area contributed by atoms with Crippen LogP contribution in [0, 0.1) is 6.92 Å². The summed E-state index contributed by atoms with van der Waals surface area (Å²) in [6.45, 7) is 1.87. The number of nitrogens with one attached hydrogen (secondary N) is 1. The molecule has 2 aromatic rings. The van der Waals surface area contributed by atoms with Crippen LogP contribution in [0.1, 0.15) is 26.3 Å². The van der Waals surface area contributed by atoms with E-state index in [-0.39, 0.29) is 11.5 Å². The third-order valence-electron chi connectivity index (χ3n) is 2.82. The molecule has 0 aromatic heterocycles. The maximum atomic E-state index is 12.0. The van der Waals surface area contributed by atoms with Crippen molar-refractivity contribution in [1.82, 2.24) is 0 Å². The Morgan fingerprint density at radius 1 is 1.05 bits per heavy atom. The first-order valence-corrected chi connectivity index (χ1v) is 6.26. The van der Waals surface area contributed by atoms with Crippen LogP contribution in [0.25, 0.3) is 0 Å². The van der Waals surface area contributed by atoms with Crippen molar-refractivity contribution in [2.75, 3.05) is 5.32 Å². The second kappa shape index (κ2) is 5.75. The zero-order valence-corrected chi connectivity index (χ0v) is 11.4. The number of carboxylic acids is 1. The summed E-state index contributed by atoms with van der Waals surface area (Å²) in [7, 11) is 0. The number of rotatable bonds is 3. The van der Waals surface area contributed by atoms with Gasteiger partial charge in [-0.2, -0.15) is 0 Å². The van der Waals surface area contributed by atoms with Crippen LogP contribution in [0.5, 0.6) is 0 Å². The highest BCUT2D eigenvalue weighted by atomic mass is 35.5. The van der Waals surface area contributed by atoms with E-state index >= 15 is 0 Å². The van der Waals surface area contributed by atoms with Crippen LogP contribution in [0.4, 0.5) is 5.69 Å². The minimum absolute atomic E-state index is 0.139. The number of aromatic carboxylic acids is 1. The number of amides is 1.